The molecule has 2 aliphatic heterocycles. The van der Waals surface area contributed by atoms with Gasteiger partial charge in [-0.05, 0) is 42.6 Å². The number of hydrogen-bond donors (Lipinski definition) is 1. The fourth-order valence-electron chi connectivity index (χ4n) is 5.29. The van der Waals surface area contributed by atoms with E-state index in [1.807, 2.05) is 72.8 Å². The minimum Gasteiger partial charge on any atom is -0.315 e. The molecule has 0 spiro atoms. The van der Waals surface area contributed by atoms with E-state index >= 15 is 0 Å². The maximum Gasteiger partial charge on any atom is 0.326 e. The first-order valence-electron chi connectivity index (χ1n) is 12.0. The lowest BCUT2D eigenvalue weighted by molar-refractivity contribution is -0.132. The lowest BCUT2D eigenvalue weighted by Gasteiger charge is -2.34. The normalized spacial score (nSPS) is 20.3. The maximum atomic E-state index is 14.0. The Labute approximate surface area is 208 Å². The van der Waals surface area contributed by atoms with Gasteiger partial charge in [-0.3, -0.25) is 9.69 Å². The summed E-state index contributed by atoms with van der Waals surface area (Å²) in [6, 6.07) is 26.9. The van der Waals surface area contributed by atoms with E-state index in [4.69, 9.17) is 4.98 Å². The third-order valence-corrected chi connectivity index (χ3v) is 8.22. The minimum absolute atomic E-state index is 0.234. The second-order valence-electron chi connectivity index (χ2n) is 9.22. The second-order valence-corrected chi connectivity index (χ2v) is 10.3. The van der Waals surface area contributed by atoms with Crippen LogP contribution in [0.15, 0.2) is 84.9 Å². The van der Waals surface area contributed by atoms with Crippen molar-refractivity contribution in [1.82, 2.24) is 20.1 Å². The van der Waals surface area contributed by atoms with Gasteiger partial charge in [-0.25, -0.2) is 14.7 Å². The summed E-state index contributed by atoms with van der Waals surface area (Å²) in [6.45, 7) is 1.90. The predicted molar refractivity (Wildman–Crippen MR) is 137 cm³/mol. The molecule has 2 saturated heterocycles. The van der Waals surface area contributed by atoms with Crippen molar-refractivity contribution in [3.05, 3.63) is 101 Å². The number of aromatic nitrogens is 1. The molecule has 4 aromatic rings. The zero-order valence-corrected chi connectivity index (χ0v) is 20.1. The molecule has 0 aliphatic carbocycles. The minimum atomic E-state index is -1.22. The van der Waals surface area contributed by atoms with Gasteiger partial charge < -0.3 is 5.32 Å². The van der Waals surface area contributed by atoms with Crippen LogP contribution in [0.3, 0.4) is 0 Å². The Morgan fingerprint density at radius 3 is 2.26 bits per heavy atom. The van der Waals surface area contributed by atoms with Gasteiger partial charge in [-0.15, -0.1) is 11.3 Å². The van der Waals surface area contributed by atoms with Crippen molar-refractivity contribution in [2.45, 2.75) is 24.3 Å². The zero-order valence-electron chi connectivity index (χ0n) is 19.3. The van der Waals surface area contributed by atoms with Gasteiger partial charge in [0.25, 0.3) is 5.91 Å². The van der Waals surface area contributed by atoms with E-state index < -0.39 is 5.54 Å². The molecule has 3 amide bonds. The molecule has 1 unspecified atom stereocenters. The van der Waals surface area contributed by atoms with E-state index in [-0.39, 0.29) is 18.6 Å². The summed E-state index contributed by atoms with van der Waals surface area (Å²) in [4.78, 5) is 35.7. The highest BCUT2D eigenvalue weighted by Crippen LogP contribution is 2.37. The average molecular weight is 483 g/mol. The van der Waals surface area contributed by atoms with Crippen molar-refractivity contribution in [2.24, 2.45) is 0 Å². The van der Waals surface area contributed by atoms with E-state index in [9.17, 15) is 9.59 Å². The molecule has 0 bridgehead atoms. The number of para-hydroxylation sites is 1. The summed E-state index contributed by atoms with van der Waals surface area (Å²) in [6.07, 6.45) is 2.07. The first-order valence-corrected chi connectivity index (χ1v) is 12.8. The maximum absolute atomic E-state index is 14.0. The van der Waals surface area contributed by atoms with Crippen LogP contribution in [0.5, 0.6) is 0 Å². The molecule has 6 nitrogen and oxygen atoms in total. The van der Waals surface area contributed by atoms with Crippen LogP contribution < -0.4 is 5.32 Å². The fraction of sp³-hybridized carbons (Fsp3) is 0.250. The molecule has 3 aromatic carbocycles. The smallest absolute Gasteiger partial charge is 0.315 e. The SMILES string of the molecule is O=C1NC(c2ccccc2)(c2ccccc2)C(=O)N1CN1CCCC(c2nc3ccccc3s2)C1. The lowest BCUT2D eigenvalue weighted by atomic mass is 9.83. The number of carbonyl (C=O) groups excluding carboxylic acids is 2. The van der Waals surface area contributed by atoms with Crippen LogP contribution in [0.1, 0.15) is 34.9 Å². The monoisotopic (exact) mass is 482 g/mol. The first-order chi connectivity index (χ1) is 17.1. The summed E-state index contributed by atoms with van der Waals surface area (Å²) in [7, 11) is 0. The summed E-state index contributed by atoms with van der Waals surface area (Å²) < 4.78 is 1.20. The highest BCUT2D eigenvalue weighted by Gasteiger charge is 2.54. The Bertz CT molecular complexity index is 1300. The number of piperidine rings is 1. The molecule has 176 valence electrons. The number of thiazole rings is 1. The van der Waals surface area contributed by atoms with E-state index in [0.717, 1.165) is 47.6 Å². The number of rotatable bonds is 5. The van der Waals surface area contributed by atoms with Gasteiger partial charge in [-0.1, -0.05) is 72.8 Å². The Morgan fingerprint density at radius 1 is 0.914 bits per heavy atom. The van der Waals surface area contributed by atoms with E-state index in [2.05, 4.69) is 22.3 Å². The molecule has 35 heavy (non-hydrogen) atoms. The standard InChI is InChI=1S/C28H26N4O2S/c33-26-28(21-11-3-1-4-12-21,22-13-5-2-6-14-22)30-27(34)32(26)19-31-17-9-10-20(18-31)25-29-23-15-7-8-16-24(23)35-25/h1-8,11-16,20H,9-10,17-19H2,(H,30,34). The zero-order chi connectivity index (χ0) is 23.8. The van der Waals surface area contributed by atoms with Gasteiger partial charge in [0.1, 0.15) is 0 Å². The average Bonchev–Trinajstić information content (AvgIpc) is 3.45. The predicted octanol–water partition coefficient (Wildman–Crippen LogP) is 4.93. The van der Waals surface area contributed by atoms with Gasteiger partial charge in [0.2, 0.25) is 0 Å². The molecule has 3 heterocycles. The van der Waals surface area contributed by atoms with E-state index in [1.54, 1.807) is 11.3 Å². The highest BCUT2D eigenvalue weighted by atomic mass is 32.1. The van der Waals surface area contributed by atoms with Crippen molar-refractivity contribution in [3.63, 3.8) is 0 Å². The molecule has 2 fully saturated rings. The van der Waals surface area contributed by atoms with Gasteiger partial charge in [0.05, 0.1) is 21.9 Å². The van der Waals surface area contributed by atoms with Crippen LogP contribution in [0.25, 0.3) is 10.2 Å². The number of fused-ring (bicyclic) bond motifs is 1. The summed E-state index contributed by atoms with van der Waals surface area (Å²) >= 11 is 1.75. The molecule has 0 radical (unpaired) electrons. The number of urea groups is 1. The summed E-state index contributed by atoms with van der Waals surface area (Å²) in [5, 5.41) is 4.19. The van der Waals surface area contributed by atoms with Crippen molar-refractivity contribution in [1.29, 1.82) is 0 Å². The number of nitrogens with one attached hydrogen (secondary N) is 1. The van der Waals surface area contributed by atoms with Gasteiger partial charge in [-0.2, -0.15) is 0 Å². The van der Waals surface area contributed by atoms with Gasteiger partial charge in [0.15, 0.2) is 5.54 Å². The third-order valence-electron chi connectivity index (χ3n) is 7.03. The van der Waals surface area contributed by atoms with E-state index in [0.29, 0.717) is 5.92 Å². The number of nitrogens with zero attached hydrogens (tertiary/aromatic N) is 3. The topological polar surface area (TPSA) is 65.5 Å². The van der Waals surface area contributed by atoms with Crippen LogP contribution in [0, 0.1) is 0 Å². The lowest BCUT2D eigenvalue weighted by Crippen LogP contribution is -2.47. The Kier molecular flexibility index (Phi) is 5.59. The number of benzene rings is 3. The fourth-order valence-corrected chi connectivity index (χ4v) is 6.38. The quantitative estimate of drug-likeness (QED) is 0.410. The Morgan fingerprint density at radius 2 is 1.57 bits per heavy atom. The van der Waals surface area contributed by atoms with Crippen molar-refractivity contribution in [3.8, 4) is 0 Å². The third kappa shape index (κ3) is 3.81. The van der Waals surface area contributed by atoms with Crippen molar-refractivity contribution in [2.75, 3.05) is 19.8 Å². The Hall–Kier alpha value is -3.55. The number of hydrogen-bond acceptors (Lipinski definition) is 5. The molecule has 1 atom stereocenters. The van der Waals surface area contributed by atoms with Crippen LogP contribution >= 0.6 is 11.3 Å². The number of imide groups is 1. The largest absolute Gasteiger partial charge is 0.326 e. The molecule has 7 heteroatoms. The van der Waals surface area contributed by atoms with Gasteiger partial charge in [0, 0.05) is 12.5 Å². The molecular formula is C28H26N4O2S. The molecule has 1 N–H and O–H groups in total. The van der Waals surface area contributed by atoms with Crippen LogP contribution in [-0.2, 0) is 10.3 Å². The Balaban J connectivity index is 1.27. The molecule has 6 rings (SSSR count). The van der Waals surface area contributed by atoms with Crippen LogP contribution in [-0.4, -0.2) is 46.5 Å². The van der Waals surface area contributed by atoms with Crippen molar-refractivity contribution >= 4 is 33.5 Å². The highest BCUT2D eigenvalue weighted by molar-refractivity contribution is 7.18. The number of likely N-dealkylation sites (tertiary alicyclic amines) is 1. The molecular weight excluding hydrogens is 456 g/mol. The number of amides is 3. The van der Waals surface area contributed by atoms with Crippen LogP contribution in [0.4, 0.5) is 4.79 Å². The second kappa shape index (κ2) is 8.91. The summed E-state index contributed by atoms with van der Waals surface area (Å²) in [5.74, 6) is 0.0666. The molecule has 0 saturated carbocycles. The molecule has 1 aromatic heterocycles. The molecule has 2 aliphatic rings. The summed E-state index contributed by atoms with van der Waals surface area (Å²) in [5.41, 5.74) is 1.34. The van der Waals surface area contributed by atoms with Crippen LogP contribution in [0.2, 0.25) is 0 Å². The van der Waals surface area contributed by atoms with E-state index in [1.165, 1.54) is 9.60 Å². The number of carbonyl (C=O) groups is 2. The van der Waals surface area contributed by atoms with Crippen molar-refractivity contribution < 1.29 is 9.59 Å². The van der Waals surface area contributed by atoms with Gasteiger partial charge >= 0.3 is 6.03 Å². The first kappa shape index (κ1) is 21.9.